The van der Waals surface area contributed by atoms with Crippen LogP contribution in [0.3, 0.4) is 0 Å². The number of aliphatic hydroxyl groups excluding tert-OH is 1. The summed E-state index contributed by atoms with van der Waals surface area (Å²) in [6.07, 6.45) is 6.29. The van der Waals surface area contributed by atoms with Crippen molar-refractivity contribution in [1.29, 1.82) is 0 Å². The fourth-order valence-corrected chi connectivity index (χ4v) is 16.9. The molecule has 0 spiro atoms. The number of halogens is 1. The molecule has 2 fully saturated rings. The number of H-pyrrole nitrogens is 2. The molecular formula is C78H107IN16O12S3. The molecule has 32 heteroatoms. The highest BCUT2D eigenvalue weighted by molar-refractivity contribution is 14.1. The van der Waals surface area contributed by atoms with Crippen molar-refractivity contribution in [3.8, 4) is 5.75 Å². The van der Waals surface area contributed by atoms with Crippen molar-refractivity contribution in [1.82, 2.24) is 72.5 Å². The van der Waals surface area contributed by atoms with Gasteiger partial charge >= 0.3 is 0 Å². The Morgan fingerprint density at radius 1 is 0.636 bits per heavy atom. The number of phenolic OH excluding ortho intramolecular Hbond substituents is 1. The molecular weight excluding hydrogens is 1580 g/mol. The van der Waals surface area contributed by atoms with E-state index in [9.17, 15) is 48.6 Å². The maximum atomic E-state index is 15.2. The summed E-state index contributed by atoms with van der Waals surface area (Å²) in [7, 11) is 0. The number of hydrogen-bond donors (Lipinski definition) is 17. The standard InChI is InChI=1S/C78H107IN16O12S3/c1-5-25-95-39-49(31-54-53-17-13-20-57-68(53)51(38-84-57)36-64(54)95)43-110-44-67(99)82-24-26-93-27-29-94(30-28-93)40-66(98)85-59(33-47-14-7-6-8-15-47)73(102)89-62(41-108)76(105)87-60(34-48-21-22-65(97)55(79)32-48)74(103)88-61(35-50-37-83-56-18-10-9-16-52(50)56)75(104)86-58(19-11-12-23-80)72(101)91-69(45(2)3)78(107)90-63(42-109)77(106)92-70(46(4)96)71(81)100/h6-10,13-18,20-22,32,37-38,45-46,49,54,58-64,69-70,83-84,96-97,108-109H,5,11-12,19,23-31,33-36,39-44,80H2,1-4H3,(H2,81,100)(H,82,99)(H,85,98)(H,86,104)(H,87,105)(H,88,103)(H,89,102)(H,90,107)(H,91,101)(H,92,106)/t46-,49+,54-,58+,59-,60+,61-,62+,63+,64-,69+,70+/m1/s1. The molecule has 110 heavy (non-hydrogen) atoms. The predicted molar refractivity (Wildman–Crippen MR) is 440 cm³/mol. The number of primary amides is 1. The number of carbonyl (C=O) groups is 10. The van der Waals surface area contributed by atoms with Crippen molar-refractivity contribution in [3.63, 3.8) is 0 Å². The number of aromatic hydroxyl groups is 1. The van der Waals surface area contributed by atoms with E-state index in [-0.39, 0.29) is 61.9 Å². The number of aromatic nitrogens is 2. The fraction of sp³-hybridized carbons (Fsp3) is 0.513. The summed E-state index contributed by atoms with van der Waals surface area (Å²) in [6, 6.07) is 17.2. The van der Waals surface area contributed by atoms with E-state index in [0.29, 0.717) is 90.4 Å². The molecule has 17 N–H and O–H groups in total. The van der Waals surface area contributed by atoms with Gasteiger partial charge in [0, 0.05) is 123 Å². The number of fused-ring (bicyclic) bond motifs is 3. The van der Waals surface area contributed by atoms with E-state index < -0.39 is 114 Å². The van der Waals surface area contributed by atoms with Crippen LogP contribution < -0.4 is 59.3 Å². The minimum absolute atomic E-state index is 0.0139. The summed E-state index contributed by atoms with van der Waals surface area (Å²) in [5.74, 6) is -5.99. The number of rotatable bonds is 41. The summed E-state index contributed by atoms with van der Waals surface area (Å²) >= 11 is 12.4. The van der Waals surface area contributed by atoms with E-state index in [1.54, 1.807) is 62.1 Å². The average molecular weight is 1680 g/mol. The van der Waals surface area contributed by atoms with Crippen LogP contribution in [-0.2, 0) is 73.6 Å². The van der Waals surface area contributed by atoms with Gasteiger partial charge in [0.25, 0.3) is 0 Å². The molecule has 0 saturated carbocycles. The Morgan fingerprint density at radius 3 is 1.89 bits per heavy atom. The number of nitrogens with one attached hydrogen (secondary N) is 11. The van der Waals surface area contributed by atoms with Crippen molar-refractivity contribution in [3.05, 3.63) is 135 Å². The van der Waals surface area contributed by atoms with E-state index in [2.05, 4.69) is 124 Å². The molecule has 3 aliphatic rings. The second kappa shape index (κ2) is 42.1. The summed E-state index contributed by atoms with van der Waals surface area (Å²) in [5.41, 5.74) is 17.9. The van der Waals surface area contributed by atoms with Gasteiger partial charge in [-0.25, -0.2) is 0 Å². The average Bonchev–Trinajstić information content (AvgIpc) is 1.63. The molecule has 6 aromatic rings. The van der Waals surface area contributed by atoms with E-state index >= 15 is 9.59 Å². The summed E-state index contributed by atoms with van der Waals surface area (Å²) in [4.78, 5) is 154. The van der Waals surface area contributed by atoms with E-state index in [4.69, 9.17) is 11.5 Å². The van der Waals surface area contributed by atoms with Gasteiger partial charge in [-0.05, 0) is 151 Å². The van der Waals surface area contributed by atoms with Gasteiger partial charge in [0.1, 0.15) is 54.1 Å². The van der Waals surface area contributed by atoms with Crippen LogP contribution in [0.4, 0.5) is 0 Å². The lowest BCUT2D eigenvalue weighted by molar-refractivity contribution is -0.136. The van der Waals surface area contributed by atoms with Crippen LogP contribution in [-0.4, -0.2) is 243 Å². The predicted octanol–water partition coefficient (Wildman–Crippen LogP) is 2.28. The smallest absolute Gasteiger partial charge is 0.244 e. The molecule has 596 valence electrons. The first-order valence-corrected chi connectivity index (χ1v) is 41.3. The van der Waals surface area contributed by atoms with Gasteiger partial charge in [0.05, 0.1) is 22.0 Å². The van der Waals surface area contributed by atoms with Crippen molar-refractivity contribution in [2.75, 3.05) is 88.5 Å². The van der Waals surface area contributed by atoms with Crippen LogP contribution in [0.2, 0.25) is 0 Å². The molecule has 9 rings (SSSR count). The highest BCUT2D eigenvalue weighted by Crippen LogP contribution is 2.45. The highest BCUT2D eigenvalue weighted by atomic mass is 127. The Bertz CT molecular complexity index is 4140. The quantitative estimate of drug-likeness (QED) is 0.0149. The number of likely N-dealkylation sites (tertiary alicyclic amines) is 1. The molecule has 0 unspecified atom stereocenters. The van der Waals surface area contributed by atoms with Crippen molar-refractivity contribution >= 4 is 140 Å². The van der Waals surface area contributed by atoms with E-state index in [1.165, 1.54) is 35.0 Å². The molecule has 0 radical (unpaired) electrons. The van der Waals surface area contributed by atoms with Gasteiger partial charge in [0.15, 0.2) is 0 Å². The van der Waals surface area contributed by atoms with Crippen LogP contribution in [0, 0.1) is 15.4 Å². The number of phenols is 1. The minimum atomic E-state index is -1.48. The Morgan fingerprint density at radius 2 is 1.23 bits per heavy atom. The Kier molecular flexibility index (Phi) is 32.9. The summed E-state index contributed by atoms with van der Waals surface area (Å²) in [5, 5.41) is 47.6. The van der Waals surface area contributed by atoms with Crippen LogP contribution in [0.15, 0.2) is 103 Å². The Hall–Kier alpha value is -7.96. The van der Waals surface area contributed by atoms with Gasteiger partial charge in [-0.1, -0.05) is 87.5 Å². The molecule has 12 atom stereocenters. The number of thioether (sulfide) groups is 1. The molecule has 4 aromatic carbocycles. The number of carbonyl (C=O) groups excluding carboxylic acids is 10. The number of unbranched alkanes of at least 4 members (excludes halogenated alkanes) is 1. The Balaban J connectivity index is 0.820. The molecule has 2 aliphatic heterocycles. The molecule has 0 bridgehead atoms. The van der Waals surface area contributed by atoms with Crippen LogP contribution in [0.1, 0.15) is 93.5 Å². The number of aliphatic hydroxyl groups is 1. The largest absolute Gasteiger partial charge is 0.507 e. The summed E-state index contributed by atoms with van der Waals surface area (Å²) in [6.45, 7) is 12.7. The molecule has 1 aliphatic carbocycles. The molecule has 10 amide bonds. The second-order valence-electron chi connectivity index (χ2n) is 29.2. The Labute approximate surface area is 670 Å². The summed E-state index contributed by atoms with van der Waals surface area (Å²) < 4.78 is 0.435. The number of thiol groups is 2. The molecule has 2 saturated heterocycles. The van der Waals surface area contributed by atoms with E-state index in [1.807, 2.05) is 63.9 Å². The highest BCUT2D eigenvalue weighted by Gasteiger charge is 2.42. The van der Waals surface area contributed by atoms with E-state index in [0.717, 1.165) is 54.6 Å². The van der Waals surface area contributed by atoms with Crippen LogP contribution in [0.5, 0.6) is 5.75 Å². The van der Waals surface area contributed by atoms with Crippen molar-refractivity contribution < 1.29 is 58.2 Å². The van der Waals surface area contributed by atoms with Gasteiger partial charge < -0.3 is 79.5 Å². The minimum Gasteiger partial charge on any atom is -0.507 e. The first-order valence-electron chi connectivity index (χ1n) is 37.8. The lowest BCUT2D eigenvalue weighted by atomic mass is 9.72. The SMILES string of the molecule is CCCN1C[C@@H](CSCC(=O)NCCN2CCN(CC(=O)N[C@H](Cc3ccccc3)C(=O)N[C@@H](CS)C(=O)N[C@@H](Cc3ccc(O)c(I)c3)C(=O)N[C@H](Cc3c[nH]c4ccccc34)C(=O)N[C@@H](CCCCN)C(=O)N[C@H](C(=O)N[C@@H](CS)C(=O)N[C@H](C(N)=O)[C@@H](C)O)C(C)C)CC2)C[C@@H]2c3cccc4[nH]cc(c34)C[C@H]21. The zero-order valence-corrected chi connectivity index (χ0v) is 67.5. The maximum absolute atomic E-state index is 15.2. The number of amides is 10. The molecule has 2 aromatic heterocycles. The number of aromatic amines is 2. The first kappa shape index (κ1) is 86.0. The lowest BCUT2D eigenvalue weighted by Gasteiger charge is -2.47. The van der Waals surface area contributed by atoms with Gasteiger partial charge in [-0.15, -0.1) is 0 Å². The topological polar surface area (TPSA) is 413 Å². The molecule has 4 heterocycles. The number of para-hydroxylation sites is 1. The zero-order chi connectivity index (χ0) is 79.1. The van der Waals surface area contributed by atoms with Gasteiger partial charge in [-0.2, -0.15) is 37.0 Å². The monoisotopic (exact) mass is 1680 g/mol. The third kappa shape index (κ3) is 24.0. The zero-order valence-electron chi connectivity index (χ0n) is 62.7. The van der Waals surface area contributed by atoms with Crippen LogP contribution >= 0.6 is 59.6 Å². The number of piperidine rings is 1. The van der Waals surface area contributed by atoms with Crippen LogP contribution in [0.25, 0.3) is 21.8 Å². The number of nitrogens with zero attached hydrogens (tertiary/aromatic N) is 3. The third-order valence-corrected chi connectivity index (χ3v) is 23.4. The number of piperazine rings is 1. The molecule has 28 nitrogen and oxygen atoms in total. The number of hydrogen-bond acceptors (Lipinski definition) is 19. The number of benzene rings is 4. The van der Waals surface area contributed by atoms with Gasteiger partial charge in [0.2, 0.25) is 59.1 Å². The third-order valence-electron chi connectivity index (χ3n) is 20.6. The lowest BCUT2D eigenvalue weighted by Crippen LogP contribution is -2.62. The normalized spacial score (nSPS) is 18.4. The first-order chi connectivity index (χ1) is 52.8. The second-order valence-corrected chi connectivity index (χ2v) is 32.1. The van der Waals surface area contributed by atoms with Gasteiger partial charge in [-0.3, -0.25) is 62.6 Å². The fourth-order valence-electron chi connectivity index (χ4n) is 14.8. The maximum Gasteiger partial charge on any atom is 0.244 e. The van der Waals surface area contributed by atoms with Crippen molar-refractivity contribution in [2.45, 2.75) is 152 Å². The number of nitrogens with two attached hydrogens (primary N) is 2. The van der Waals surface area contributed by atoms with Crippen molar-refractivity contribution in [2.24, 2.45) is 23.3 Å².